The van der Waals surface area contributed by atoms with Crippen molar-refractivity contribution < 1.29 is 4.84 Å². The lowest BCUT2D eigenvalue weighted by atomic mass is 10.0. The van der Waals surface area contributed by atoms with E-state index in [1.807, 2.05) is 0 Å². The van der Waals surface area contributed by atoms with Gasteiger partial charge >= 0.3 is 0 Å². The molecule has 0 N–H and O–H groups in total. The Bertz CT molecular complexity index is 241. The van der Waals surface area contributed by atoms with Gasteiger partial charge in [-0.25, -0.2) is 0 Å². The average Bonchev–Trinajstić information content (AvgIpc) is 2.65. The molecule has 12 heavy (non-hydrogen) atoms. The molecule has 2 rings (SSSR count). The maximum absolute atomic E-state index is 5.03. The quantitative estimate of drug-likeness (QED) is 0.334. The molecule has 2 atom stereocenters. The smallest absolute Gasteiger partial charge is 0.177 e. The molecule has 2 aliphatic rings. The Morgan fingerprint density at radius 3 is 3.25 bits per heavy atom. The van der Waals surface area contributed by atoms with Crippen molar-refractivity contribution in [3.05, 3.63) is 0 Å². The van der Waals surface area contributed by atoms with Crippen LogP contribution >= 0.6 is 0 Å². The van der Waals surface area contributed by atoms with E-state index >= 15 is 0 Å². The van der Waals surface area contributed by atoms with E-state index in [9.17, 15) is 0 Å². The van der Waals surface area contributed by atoms with Crippen LogP contribution in [0.2, 0.25) is 0 Å². The molecule has 0 spiro atoms. The van der Waals surface area contributed by atoms with Gasteiger partial charge in [-0.3, -0.25) is 4.90 Å². The zero-order valence-corrected chi connectivity index (χ0v) is 6.99. The maximum atomic E-state index is 5.03. The average molecular weight is 164 g/mol. The highest BCUT2D eigenvalue weighted by atomic mass is 16.6. The van der Waals surface area contributed by atoms with Crippen LogP contribution < -0.4 is 0 Å². The van der Waals surface area contributed by atoms with Gasteiger partial charge in [0.1, 0.15) is 0 Å². The molecule has 2 aliphatic heterocycles. The van der Waals surface area contributed by atoms with Gasteiger partial charge in [-0.05, 0) is 13.0 Å². The Kier molecular flexibility index (Phi) is 2.01. The molecular formula is C9H12N2O. The predicted octanol–water partition coefficient (Wildman–Crippen LogP) is 0.328. The molecule has 2 unspecified atom stereocenters. The van der Waals surface area contributed by atoms with E-state index in [-0.39, 0.29) is 6.61 Å². The van der Waals surface area contributed by atoms with Gasteiger partial charge in [0.05, 0.1) is 5.71 Å². The van der Waals surface area contributed by atoms with Crippen LogP contribution in [0.1, 0.15) is 6.42 Å². The van der Waals surface area contributed by atoms with Gasteiger partial charge < -0.3 is 4.84 Å². The molecule has 0 aromatic heterocycles. The standard InChI is InChI=1S/C9H12N2O/c1-2-5-12-10-9-7-11-4-3-8(9)6-11/h1,8H,3-7H2/b10-9-. The zero-order valence-electron chi connectivity index (χ0n) is 6.99. The van der Waals surface area contributed by atoms with Crippen LogP contribution in [0.4, 0.5) is 0 Å². The zero-order chi connectivity index (χ0) is 8.39. The molecule has 2 fully saturated rings. The Morgan fingerprint density at radius 2 is 2.67 bits per heavy atom. The van der Waals surface area contributed by atoms with Gasteiger partial charge in [0, 0.05) is 19.0 Å². The molecule has 0 aliphatic carbocycles. The van der Waals surface area contributed by atoms with E-state index < -0.39 is 0 Å². The summed E-state index contributed by atoms with van der Waals surface area (Å²) < 4.78 is 0. The second-order valence-electron chi connectivity index (χ2n) is 3.28. The third-order valence-corrected chi connectivity index (χ3v) is 2.46. The van der Waals surface area contributed by atoms with Gasteiger partial charge in [-0.15, -0.1) is 6.42 Å². The third-order valence-electron chi connectivity index (χ3n) is 2.46. The van der Waals surface area contributed by atoms with Crippen molar-refractivity contribution in [3.8, 4) is 12.3 Å². The van der Waals surface area contributed by atoms with Crippen molar-refractivity contribution in [1.29, 1.82) is 0 Å². The number of fused-ring (bicyclic) bond motifs is 2. The van der Waals surface area contributed by atoms with Gasteiger partial charge in [0.15, 0.2) is 6.61 Å². The number of terminal acetylenes is 1. The van der Waals surface area contributed by atoms with Crippen LogP contribution in [0.3, 0.4) is 0 Å². The lowest BCUT2D eigenvalue weighted by Gasteiger charge is -2.12. The molecule has 3 heteroatoms. The van der Waals surface area contributed by atoms with Crippen LogP contribution in [-0.2, 0) is 4.84 Å². The van der Waals surface area contributed by atoms with E-state index in [1.54, 1.807) is 0 Å². The van der Waals surface area contributed by atoms with Crippen LogP contribution in [0.15, 0.2) is 5.16 Å². The van der Waals surface area contributed by atoms with Gasteiger partial charge in [-0.1, -0.05) is 11.1 Å². The van der Waals surface area contributed by atoms with Crippen molar-refractivity contribution >= 4 is 5.71 Å². The fourth-order valence-electron chi connectivity index (χ4n) is 1.86. The summed E-state index contributed by atoms with van der Waals surface area (Å²) in [6.07, 6.45) is 6.27. The fourth-order valence-corrected chi connectivity index (χ4v) is 1.86. The second-order valence-corrected chi connectivity index (χ2v) is 3.28. The third kappa shape index (κ3) is 1.30. The van der Waals surface area contributed by atoms with Crippen molar-refractivity contribution in [2.24, 2.45) is 11.1 Å². The minimum Gasteiger partial charge on any atom is -0.383 e. The first-order chi connectivity index (χ1) is 5.90. The molecule has 0 aromatic carbocycles. The predicted molar refractivity (Wildman–Crippen MR) is 46.8 cm³/mol. The minimum atomic E-state index is 0.288. The molecular weight excluding hydrogens is 152 g/mol. The molecule has 0 aromatic rings. The molecule has 0 amide bonds. The van der Waals surface area contributed by atoms with Crippen molar-refractivity contribution in [2.45, 2.75) is 6.42 Å². The normalized spacial score (nSPS) is 35.4. The van der Waals surface area contributed by atoms with Gasteiger partial charge in [0.25, 0.3) is 0 Å². The summed E-state index contributed by atoms with van der Waals surface area (Å²) >= 11 is 0. The molecule has 3 nitrogen and oxygen atoms in total. The number of piperidine rings is 1. The van der Waals surface area contributed by atoms with Crippen molar-refractivity contribution in [1.82, 2.24) is 4.90 Å². The molecule has 0 radical (unpaired) electrons. The molecule has 2 heterocycles. The molecule has 64 valence electrons. The lowest BCUT2D eigenvalue weighted by Crippen LogP contribution is -2.23. The molecule has 0 saturated carbocycles. The van der Waals surface area contributed by atoms with E-state index in [2.05, 4.69) is 16.0 Å². The first kappa shape index (κ1) is 7.63. The summed E-state index contributed by atoms with van der Waals surface area (Å²) in [6, 6.07) is 0. The van der Waals surface area contributed by atoms with Crippen molar-refractivity contribution in [2.75, 3.05) is 26.2 Å². The Hall–Kier alpha value is -1.01. The maximum Gasteiger partial charge on any atom is 0.177 e. The number of hydrogen-bond donors (Lipinski definition) is 0. The first-order valence-electron chi connectivity index (χ1n) is 4.24. The highest BCUT2D eigenvalue weighted by molar-refractivity contribution is 5.91. The number of nitrogens with zero attached hydrogens (tertiary/aromatic N) is 2. The summed E-state index contributed by atoms with van der Waals surface area (Å²) in [5, 5.41) is 4.03. The largest absolute Gasteiger partial charge is 0.383 e. The highest BCUT2D eigenvalue weighted by Crippen LogP contribution is 2.25. The van der Waals surface area contributed by atoms with Crippen LogP contribution in [0.25, 0.3) is 0 Å². The van der Waals surface area contributed by atoms with E-state index in [0.29, 0.717) is 5.92 Å². The summed E-state index contributed by atoms with van der Waals surface area (Å²) in [4.78, 5) is 7.34. The number of oxime groups is 1. The number of hydrogen-bond acceptors (Lipinski definition) is 3. The number of rotatable bonds is 2. The van der Waals surface area contributed by atoms with Crippen molar-refractivity contribution in [3.63, 3.8) is 0 Å². The summed E-state index contributed by atoms with van der Waals surface area (Å²) in [6.45, 7) is 3.66. The summed E-state index contributed by atoms with van der Waals surface area (Å²) in [7, 11) is 0. The lowest BCUT2D eigenvalue weighted by molar-refractivity contribution is 0.177. The Morgan fingerprint density at radius 1 is 1.75 bits per heavy atom. The van der Waals surface area contributed by atoms with E-state index in [0.717, 1.165) is 13.1 Å². The summed E-state index contributed by atoms with van der Waals surface area (Å²) in [5.74, 6) is 3.03. The Labute approximate surface area is 72.4 Å². The summed E-state index contributed by atoms with van der Waals surface area (Å²) in [5.41, 5.74) is 1.18. The van der Waals surface area contributed by atoms with Crippen LogP contribution in [0.5, 0.6) is 0 Å². The highest BCUT2D eigenvalue weighted by Gasteiger charge is 2.35. The van der Waals surface area contributed by atoms with E-state index in [4.69, 9.17) is 11.3 Å². The molecule has 2 saturated heterocycles. The van der Waals surface area contributed by atoms with Crippen LogP contribution in [0, 0.1) is 18.3 Å². The fraction of sp³-hybridized carbons (Fsp3) is 0.667. The minimum absolute atomic E-state index is 0.288. The topological polar surface area (TPSA) is 24.8 Å². The molecule has 2 bridgehead atoms. The Balaban J connectivity index is 1.90. The van der Waals surface area contributed by atoms with Gasteiger partial charge in [0.2, 0.25) is 0 Å². The van der Waals surface area contributed by atoms with Gasteiger partial charge in [-0.2, -0.15) is 0 Å². The first-order valence-corrected chi connectivity index (χ1v) is 4.24. The van der Waals surface area contributed by atoms with E-state index in [1.165, 1.54) is 18.7 Å². The SMILES string of the molecule is C#CCO/N=C1/CN2CCC1C2. The van der Waals surface area contributed by atoms with Crippen LogP contribution in [-0.4, -0.2) is 36.9 Å². The second kappa shape index (κ2) is 3.16. The monoisotopic (exact) mass is 164 g/mol.